The number of fused-ring (bicyclic) bond motifs is 3. The Morgan fingerprint density at radius 1 is 0.912 bits per heavy atom. The Balaban J connectivity index is 1.38. The lowest BCUT2D eigenvalue weighted by Crippen LogP contribution is -2.54. The minimum absolute atomic E-state index is 0.0689. The van der Waals surface area contributed by atoms with Gasteiger partial charge >= 0.3 is 0 Å². The first kappa shape index (κ1) is 21.1. The van der Waals surface area contributed by atoms with Gasteiger partial charge in [0, 0.05) is 42.5 Å². The Morgan fingerprint density at radius 3 is 2.47 bits per heavy atom. The van der Waals surface area contributed by atoms with Gasteiger partial charge in [0.15, 0.2) is 5.65 Å². The second-order valence-electron chi connectivity index (χ2n) is 9.64. The number of carbonyl (C=O) groups is 1. The van der Waals surface area contributed by atoms with E-state index in [1.807, 2.05) is 53.4 Å². The number of carbonyl (C=O) groups excluding carboxylic acids is 1. The van der Waals surface area contributed by atoms with Gasteiger partial charge in [0.1, 0.15) is 5.82 Å². The number of amides is 1. The summed E-state index contributed by atoms with van der Waals surface area (Å²) in [6.45, 7) is 4.23. The molecule has 2 aliphatic rings. The van der Waals surface area contributed by atoms with Crippen molar-refractivity contribution in [3.8, 4) is 0 Å². The van der Waals surface area contributed by atoms with Crippen LogP contribution in [0.3, 0.4) is 0 Å². The molecule has 0 radical (unpaired) electrons. The van der Waals surface area contributed by atoms with E-state index in [0.29, 0.717) is 12.5 Å². The summed E-state index contributed by atoms with van der Waals surface area (Å²) in [6, 6.07) is 17.8. The molecule has 2 aromatic heterocycles. The van der Waals surface area contributed by atoms with Crippen LogP contribution in [0.5, 0.6) is 0 Å². The van der Waals surface area contributed by atoms with Crippen molar-refractivity contribution in [3.63, 3.8) is 0 Å². The van der Waals surface area contributed by atoms with Gasteiger partial charge in [0.25, 0.3) is 5.91 Å². The Bertz CT molecular complexity index is 1330. The zero-order chi connectivity index (χ0) is 23.1. The fourth-order valence-corrected chi connectivity index (χ4v) is 5.61. The number of hydrogen-bond acceptors (Lipinski definition) is 5. The molecule has 1 saturated carbocycles. The van der Waals surface area contributed by atoms with E-state index in [1.165, 1.54) is 19.3 Å². The van der Waals surface area contributed by atoms with Crippen molar-refractivity contribution in [3.05, 3.63) is 66.0 Å². The molecule has 7 heteroatoms. The van der Waals surface area contributed by atoms with Crippen LogP contribution in [0, 0.1) is 0 Å². The highest BCUT2D eigenvalue weighted by Crippen LogP contribution is 2.35. The highest BCUT2D eigenvalue weighted by Gasteiger charge is 2.32. The van der Waals surface area contributed by atoms with E-state index in [-0.39, 0.29) is 11.9 Å². The van der Waals surface area contributed by atoms with Crippen LogP contribution >= 0.6 is 0 Å². The third-order valence-electron chi connectivity index (χ3n) is 7.42. The molecule has 1 saturated heterocycles. The van der Waals surface area contributed by atoms with Gasteiger partial charge in [-0.15, -0.1) is 10.2 Å². The maximum Gasteiger partial charge on any atom is 0.254 e. The Morgan fingerprint density at radius 2 is 1.68 bits per heavy atom. The third-order valence-corrected chi connectivity index (χ3v) is 7.42. The van der Waals surface area contributed by atoms with Crippen molar-refractivity contribution in [2.24, 2.45) is 0 Å². The molecule has 7 nitrogen and oxygen atoms in total. The molecule has 0 N–H and O–H groups in total. The van der Waals surface area contributed by atoms with Gasteiger partial charge < -0.3 is 9.80 Å². The smallest absolute Gasteiger partial charge is 0.254 e. The van der Waals surface area contributed by atoms with Gasteiger partial charge in [-0.2, -0.15) is 0 Å². The molecule has 6 rings (SSSR count). The topological polar surface area (TPSA) is 66.6 Å². The molecule has 2 fully saturated rings. The lowest BCUT2D eigenvalue weighted by atomic mass is 9.89. The number of rotatable bonds is 3. The average Bonchev–Trinajstić information content (AvgIpc) is 3.34. The molecular formula is C27H30N6O. The van der Waals surface area contributed by atoms with Crippen LogP contribution in [0.2, 0.25) is 0 Å². The monoisotopic (exact) mass is 454 g/mol. The van der Waals surface area contributed by atoms with E-state index in [1.54, 1.807) is 0 Å². The summed E-state index contributed by atoms with van der Waals surface area (Å²) in [7, 11) is 0. The highest BCUT2D eigenvalue weighted by molar-refractivity contribution is 5.95. The molecule has 34 heavy (non-hydrogen) atoms. The Kier molecular flexibility index (Phi) is 5.40. The zero-order valence-corrected chi connectivity index (χ0v) is 19.6. The molecule has 4 aromatic rings. The molecule has 0 bridgehead atoms. The second kappa shape index (κ2) is 8.70. The number of hydrogen-bond donors (Lipinski definition) is 0. The van der Waals surface area contributed by atoms with Gasteiger partial charge in [0.05, 0.1) is 5.52 Å². The summed E-state index contributed by atoms with van der Waals surface area (Å²) < 4.78 is 2.21. The minimum Gasteiger partial charge on any atom is -0.338 e. The normalized spacial score (nSPS) is 19.7. The van der Waals surface area contributed by atoms with Crippen LogP contribution in [-0.4, -0.2) is 56.1 Å². The quantitative estimate of drug-likeness (QED) is 0.450. The summed E-state index contributed by atoms with van der Waals surface area (Å²) in [5.41, 5.74) is 2.56. The molecular weight excluding hydrogens is 424 g/mol. The zero-order valence-electron chi connectivity index (χ0n) is 19.6. The molecule has 174 valence electrons. The number of para-hydroxylation sites is 1. The van der Waals surface area contributed by atoms with E-state index < -0.39 is 0 Å². The molecule has 1 aliphatic carbocycles. The van der Waals surface area contributed by atoms with E-state index >= 15 is 0 Å². The van der Waals surface area contributed by atoms with E-state index in [4.69, 9.17) is 10.1 Å². The van der Waals surface area contributed by atoms with Gasteiger partial charge in [-0.3, -0.25) is 4.79 Å². The summed E-state index contributed by atoms with van der Waals surface area (Å²) in [6.07, 6.45) is 6.10. The number of nitrogens with zero attached hydrogens (tertiary/aromatic N) is 6. The number of anilines is 1. The molecule has 0 spiro atoms. The average molecular weight is 455 g/mol. The highest BCUT2D eigenvalue weighted by atomic mass is 16.2. The fourth-order valence-electron chi connectivity index (χ4n) is 5.61. The first-order valence-electron chi connectivity index (χ1n) is 12.5. The molecule has 1 unspecified atom stereocenters. The van der Waals surface area contributed by atoms with Crippen LogP contribution in [0.1, 0.15) is 61.1 Å². The molecule has 1 aliphatic heterocycles. The van der Waals surface area contributed by atoms with Crippen molar-refractivity contribution < 1.29 is 4.79 Å². The molecule has 2 aromatic carbocycles. The Hall–Kier alpha value is -3.48. The van der Waals surface area contributed by atoms with Crippen LogP contribution in [0.25, 0.3) is 16.6 Å². The predicted octanol–water partition coefficient (Wildman–Crippen LogP) is 4.68. The van der Waals surface area contributed by atoms with Crippen molar-refractivity contribution in [1.82, 2.24) is 24.5 Å². The summed E-state index contributed by atoms with van der Waals surface area (Å²) in [4.78, 5) is 22.5. The van der Waals surface area contributed by atoms with Crippen LogP contribution in [0.4, 0.5) is 5.95 Å². The van der Waals surface area contributed by atoms with E-state index in [0.717, 1.165) is 59.8 Å². The van der Waals surface area contributed by atoms with E-state index in [9.17, 15) is 4.79 Å². The summed E-state index contributed by atoms with van der Waals surface area (Å²) >= 11 is 0. The SMILES string of the molecule is CC1CN(c2nc3ccccc3c3nnc(C4CCCCC4)n23)CCN1C(=O)c1ccccc1. The van der Waals surface area contributed by atoms with Crippen LogP contribution in [0.15, 0.2) is 54.6 Å². The van der Waals surface area contributed by atoms with Crippen LogP contribution in [-0.2, 0) is 0 Å². The van der Waals surface area contributed by atoms with Crippen LogP contribution < -0.4 is 4.90 Å². The van der Waals surface area contributed by atoms with Crippen molar-refractivity contribution in [1.29, 1.82) is 0 Å². The van der Waals surface area contributed by atoms with Gasteiger partial charge in [0.2, 0.25) is 5.95 Å². The number of aromatic nitrogens is 4. The van der Waals surface area contributed by atoms with Crippen molar-refractivity contribution in [2.45, 2.75) is 51.0 Å². The number of benzene rings is 2. The van der Waals surface area contributed by atoms with Gasteiger partial charge in [-0.05, 0) is 44.0 Å². The molecule has 3 heterocycles. The minimum atomic E-state index is 0.0689. The van der Waals surface area contributed by atoms with Gasteiger partial charge in [-0.25, -0.2) is 9.38 Å². The predicted molar refractivity (Wildman–Crippen MR) is 133 cm³/mol. The maximum atomic E-state index is 13.1. The first-order chi connectivity index (χ1) is 16.7. The van der Waals surface area contributed by atoms with E-state index in [2.05, 4.69) is 27.4 Å². The Labute approximate surface area is 199 Å². The second-order valence-corrected chi connectivity index (χ2v) is 9.64. The largest absolute Gasteiger partial charge is 0.338 e. The van der Waals surface area contributed by atoms with Crippen molar-refractivity contribution in [2.75, 3.05) is 24.5 Å². The molecule has 1 atom stereocenters. The standard InChI is InChI=1S/C27H30N6O/c1-19-18-31(16-17-32(19)26(34)21-12-6-3-7-13-21)27-28-23-15-9-8-14-22(23)25-30-29-24(33(25)27)20-10-4-2-5-11-20/h3,6-9,12-15,19-20H,2,4-5,10-11,16-18H2,1H3. The lowest BCUT2D eigenvalue weighted by Gasteiger charge is -2.40. The van der Waals surface area contributed by atoms with Gasteiger partial charge in [-0.1, -0.05) is 49.6 Å². The first-order valence-corrected chi connectivity index (χ1v) is 12.5. The fraction of sp³-hybridized carbons (Fsp3) is 0.407. The molecule has 1 amide bonds. The number of piperazine rings is 1. The summed E-state index contributed by atoms with van der Waals surface area (Å²) in [5.74, 6) is 2.46. The lowest BCUT2D eigenvalue weighted by molar-refractivity contribution is 0.0673. The summed E-state index contributed by atoms with van der Waals surface area (Å²) in [5, 5.41) is 10.4. The van der Waals surface area contributed by atoms with Crippen molar-refractivity contribution >= 4 is 28.4 Å². The third kappa shape index (κ3) is 3.59. The maximum absolute atomic E-state index is 13.1.